The van der Waals surface area contributed by atoms with Crippen LogP contribution in [0.1, 0.15) is 11.1 Å². The number of para-hydroxylation sites is 2. The van der Waals surface area contributed by atoms with Crippen molar-refractivity contribution in [3.63, 3.8) is 0 Å². The van der Waals surface area contributed by atoms with Gasteiger partial charge >= 0.3 is 0 Å². The van der Waals surface area contributed by atoms with Crippen molar-refractivity contribution in [2.24, 2.45) is 0 Å². The fourth-order valence-corrected chi connectivity index (χ4v) is 4.61. The van der Waals surface area contributed by atoms with Crippen LogP contribution in [0.15, 0.2) is 82.7 Å². The fourth-order valence-electron chi connectivity index (χ4n) is 3.85. The number of benzene rings is 3. The van der Waals surface area contributed by atoms with Crippen LogP contribution in [0, 0.1) is 13.8 Å². The highest BCUT2D eigenvalue weighted by atomic mass is 32.2. The van der Waals surface area contributed by atoms with Gasteiger partial charge in [0.25, 0.3) is 5.56 Å². The molecule has 0 aliphatic heterocycles. The molecule has 3 aromatic carbocycles. The van der Waals surface area contributed by atoms with Gasteiger partial charge in [0.2, 0.25) is 5.78 Å². The second kappa shape index (κ2) is 8.51. The molecule has 0 saturated carbocycles. The monoisotopic (exact) mass is 442 g/mol. The predicted molar refractivity (Wildman–Crippen MR) is 128 cm³/mol. The maximum atomic E-state index is 13.5. The van der Waals surface area contributed by atoms with E-state index in [0.717, 1.165) is 33.2 Å². The van der Waals surface area contributed by atoms with E-state index < -0.39 is 0 Å². The highest BCUT2D eigenvalue weighted by molar-refractivity contribution is 7.99. The van der Waals surface area contributed by atoms with Crippen molar-refractivity contribution in [2.45, 2.75) is 19.0 Å². The van der Waals surface area contributed by atoms with Crippen molar-refractivity contribution < 1.29 is 4.74 Å². The van der Waals surface area contributed by atoms with E-state index in [1.165, 1.54) is 0 Å². The minimum absolute atomic E-state index is 0.101. The molecule has 0 unspecified atom stereocenters. The second-order valence-corrected chi connectivity index (χ2v) is 8.64. The molecular weight excluding hydrogens is 420 g/mol. The number of hydrogen-bond acceptors (Lipinski definition) is 5. The molecular formula is C25H22N4O2S. The first-order chi connectivity index (χ1) is 15.6. The van der Waals surface area contributed by atoms with Gasteiger partial charge in [-0.2, -0.15) is 0 Å². The van der Waals surface area contributed by atoms with E-state index in [9.17, 15) is 4.79 Å². The summed E-state index contributed by atoms with van der Waals surface area (Å²) < 4.78 is 9.43. The highest BCUT2D eigenvalue weighted by Crippen LogP contribution is 2.24. The largest absolute Gasteiger partial charge is 0.493 e. The zero-order chi connectivity index (χ0) is 22.1. The van der Waals surface area contributed by atoms with Crippen LogP contribution in [0.3, 0.4) is 0 Å². The number of hydrogen-bond donors (Lipinski definition) is 0. The van der Waals surface area contributed by atoms with Crippen LogP contribution in [-0.4, -0.2) is 31.5 Å². The lowest BCUT2D eigenvalue weighted by Crippen LogP contribution is -2.22. The van der Waals surface area contributed by atoms with Crippen molar-refractivity contribution in [3.05, 3.63) is 94.3 Å². The van der Waals surface area contributed by atoms with Crippen molar-refractivity contribution in [1.29, 1.82) is 0 Å². The molecule has 5 aromatic rings. The first-order valence-electron chi connectivity index (χ1n) is 10.4. The summed E-state index contributed by atoms with van der Waals surface area (Å²) >= 11 is 1.56. The van der Waals surface area contributed by atoms with Crippen molar-refractivity contribution in [2.75, 3.05) is 12.4 Å². The quantitative estimate of drug-likeness (QED) is 0.279. The predicted octanol–water partition coefficient (Wildman–Crippen LogP) is 4.82. The first kappa shape index (κ1) is 20.3. The second-order valence-electron chi connectivity index (χ2n) is 7.58. The molecule has 0 amide bonds. The Morgan fingerprint density at radius 1 is 0.938 bits per heavy atom. The summed E-state index contributed by atoms with van der Waals surface area (Å²) in [5.74, 6) is 2.05. The maximum Gasteiger partial charge on any atom is 0.267 e. The Labute approximate surface area is 189 Å². The fraction of sp³-hybridized carbons (Fsp3) is 0.160. The third-order valence-corrected chi connectivity index (χ3v) is 6.21. The topological polar surface area (TPSA) is 61.4 Å². The zero-order valence-corrected chi connectivity index (χ0v) is 18.7. The molecule has 0 saturated heterocycles. The number of ether oxygens (including phenoxy) is 1. The average molecular weight is 443 g/mol. The summed E-state index contributed by atoms with van der Waals surface area (Å²) in [5, 5.41) is 10.2. The van der Waals surface area contributed by atoms with Gasteiger partial charge in [-0.3, -0.25) is 9.20 Å². The summed E-state index contributed by atoms with van der Waals surface area (Å²) in [5.41, 5.74) is 3.67. The first-order valence-corrected chi connectivity index (χ1v) is 11.4. The zero-order valence-electron chi connectivity index (χ0n) is 17.9. The molecule has 2 heterocycles. The van der Waals surface area contributed by atoms with Crippen LogP contribution in [0.25, 0.3) is 22.4 Å². The molecule has 0 fully saturated rings. The third-order valence-electron chi connectivity index (χ3n) is 5.31. The summed E-state index contributed by atoms with van der Waals surface area (Å²) in [7, 11) is 0. The molecule has 7 heteroatoms. The number of nitrogens with zero attached hydrogens (tertiary/aromatic N) is 4. The van der Waals surface area contributed by atoms with Crippen molar-refractivity contribution in [3.8, 4) is 11.4 Å². The van der Waals surface area contributed by atoms with Gasteiger partial charge in [0, 0.05) is 5.75 Å². The normalized spacial score (nSPS) is 11.3. The van der Waals surface area contributed by atoms with E-state index >= 15 is 0 Å². The van der Waals surface area contributed by atoms with E-state index in [1.54, 1.807) is 16.3 Å². The van der Waals surface area contributed by atoms with Gasteiger partial charge in [-0.25, -0.2) is 4.57 Å². The number of rotatable bonds is 6. The van der Waals surface area contributed by atoms with Gasteiger partial charge in [-0.05, 0) is 49.7 Å². The van der Waals surface area contributed by atoms with Crippen LogP contribution < -0.4 is 10.3 Å². The van der Waals surface area contributed by atoms with Crippen LogP contribution in [0.4, 0.5) is 0 Å². The van der Waals surface area contributed by atoms with E-state index in [0.29, 0.717) is 23.5 Å². The van der Waals surface area contributed by atoms with Crippen LogP contribution in [0.2, 0.25) is 0 Å². The number of thioether (sulfide) groups is 1. The molecule has 0 aliphatic carbocycles. The van der Waals surface area contributed by atoms with Crippen molar-refractivity contribution in [1.82, 2.24) is 19.2 Å². The standard InChI is InChI=1S/C25H22N4O2S/c1-17-12-13-21(18(2)16-17)28-23(30)20-10-6-7-11-22(20)29-24(28)26-27-25(29)32-15-14-31-19-8-4-3-5-9-19/h3-13,16H,14-15H2,1-2H3. The molecule has 0 aliphatic rings. The Hall–Kier alpha value is -3.58. The lowest BCUT2D eigenvalue weighted by atomic mass is 10.1. The van der Waals surface area contributed by atoms with E-state index in [-0.39, 0.29) is 5.56 Å². The summed E-state index contributed by atoms with van der Waals surface area (Å²) in [6.07, 6.45) is 0. The van der Waals surface area contributed by atoms with Crippen LogP contribution in [0.5, 0.6) is 5.75 Å². The Bertz CT molecular complexity index is 1470. The molecule has 0 spiro atoms. The van der Waals surface area contributed by atoms with Crippen LogP contribution >= 0.6 is 11.8 Å². The molecule has 160 valence electrons. The molecule has 0 N–H and O–H groups in total. The van der Waals surface area contributed by atoms with Crippen molar-refractivity contribution >= 4 is 28.4 Å². The molecule has 5 rings (SSSR count). The average Bonchev–Trinajstić information content (AvgIpc) is 3.22. The third kappa shape index (κ3) is 3.65. The number of aryl methyl sites for hydroxylation is 2. The van der Waals surface area contributed by atoms with Gasteiger partial charge in [0.1, 0.15) is 5.75 Å². The minimum Gasteiger partial charge on any atom is -0.493 e. The Morgan fingerprint density at radius 2 is 1.72 bits per heavy atom. The molecule has 0 bridgehead atoms. The van der Waals surface area contributed by atoms with E-state index in [1.807, 2.05) is 85.0 Å². The van der Waals surface area contributed by atoms with Gasteiger partial charge in [0.15, 0.2) is 5.16 Å². The molecule has 0 atom stereocenters. The molecule has 32 heavy (non-hydrogen) atoms. The van der Waals surface area contributed by atoms with Gasteiger partial charge in [-0.1, -0.05) is 59.8 Å². The Kier molecular flexibility index (Phi) is 5.41. The summed E-state index contributed by atoms with van der Waals surface area (Å²) in [6, 6.07) is 23.4. The van der Waals surface area contributed by atoms with Gasteiger partial charge < -0.3 is 4.74 Å². The molecule has 6 nitrogen and oxygen atoms in total. The SMILES string of the molecule is Cc1ccc(-n2c(=O)c3ccccc3n3c(SCCOc4ccccc4)nnc23)c(C)c1. The smallest absolute Gasteiger partial charge is 0.267 e. The lowest BCUT2D eigenvalue weighted by molar-refractivity contribution is 0.344. The van der Waals surface area contributed by atoms with Crippen LogP contribution in [-0.2, 0) is 0 Å². The molecule has 0 radical (unpaired) electrons. The van der Waals surface area contributed by atoms with Gasteiger partial charge in [-0.15, -0.1) is 10.2 Å². The number of aromatic nitrogens is 4. The van der Waals surface area contributed by atoms with E-state index in [4.69, 9.17) is 4.74 Å². The van der Waals surface area contributed by atoms with E-state index in [2.05, 4.69) is 16.3 Å². The highest BCUT2D eigenvalue weighted by Gasteiger charge is 2.18. The summed E-state index contributed by atoms with van der Waals surface area (Å²) in [4.78, 5) is 13.5. The minimum atomic E-state index is -0.101. The van der Waals surface area contributed by atoms with Gasteiger partial charge in [0.05, 0.1) is 23.2 Å². The Morgan fingerprint density at radius 3 is 2.53 bits per heavy atom. The number of fused-ring (bicyclic) bond motifs is 3. The maximum absolute atomic E-state index is 13.5. The lowest BCUT2D eigenvalue weighted by Gasteiger charge is -2.13. The molecule has 2 aromatic heterocycles. The Balaban J connectivity index is 1.57. The summed E-state index contributed by atoms with van der Waals surface area (Å²) in [6.45, 7) is 4.59.